The number of halogens is 3. The highest BCUT2D eigenvalue weighted by molar-refractivity contribution is 6.32. The Morgan fingerprint density at radius 3 is 2.50 bits per heavy atom. The number of benzene rings is 1. The number of barbiturate groups is 1. The molecule has 1 aliphatic heterocycles. The predicted molar refractivity (Wildman–Crippen MR) is 96.2 cm³/mol. The number of alkyl halides is 3. The minimum atomic E-state index is -4.63. The molecule has 0 radical (unpaired) electrons. The van der Waals surface area contributed by atoms with Crippen molar-refractivity contribution in [1.29, 1.82) is 0 Å². The molecule has 2 rings (SSSR count). The Morgan fingerprint density at radius 1 is 1.21 bits per heavy atom. The molecule has 1 unspecified atom stereocenters. The molecule has 1 saturated heterocycles. The highest BCUT2D eigenvalue weighted by atomic mass is 19.4. The number of nitrogens with one attached hydrogen (secondary N) is 2. The maximum atomic E-state index is 12.9. The zero-order chi connectivity index (χ0) is 20.9. The van der Waals surface area contributed by atoms with Gasteiger partial charge in [-0.2, -0.15) is 13.2 Å². The van der Waals surface area contributed by atoms with Gasteiger partial charge in [0.2, 0.25) is 5.91 Å². The Bertz CT molecular complexity index is 776. The summed E-state index contributed by atoms with van der Waals surface area (Å²) in [5.41, 5.74) is -1.27. The molecule has 1 aliphatic rings. The van der Waals surface area contributed by atoms with Crippen LogP contribution in [0.25, 0.3) is 0 Å². The van der Waals surface area contributed by atoms with Gasteiger partial charge >= 0.3 is 12.2 Å². The van der Waals surface area contributed by atoms with Crippen LogP contribution in [0, 0.1) is 5.92 Å². The van der Waals surface area contributed by atoms with Crippen molar-refractivity contribution in [3.05, 3.63) is 29.8 Å². The quantitative estimate of drug-likeness (QED) is 0.528. The van der Waals surface area contributed by atoms with Crippen LogP contribution in [-0.4, -0.2) is 50.2 Å². The minimum absolute atomic E-state index is 0.268. The van der Waals surface area contributed by atoms with Crippen molar-refractivity contribution in [2.45, 2.75) is 20.0 Å². The largest absolute Gasteiger partial charge is 0.416 e. The summed E-state index contributed by atoms with van der Waals surface area (Å²) in [6.45, 7) is 6.96. The summed E-state index contributed by atoms with van der Waals surface area (Å²) >= 11 is 0. The van der Waals surface area contributed by atoms with E-state index in [0.717, 1.165) is 31.4 Å². The highest BCUT2D eigenvalue weighted by Gasteiger charge is 2.41. The molecule has 0 saturated carbocycles. The van der Waals surface area contributed by atoms with Gasteiger partial charge in [-0.1, -0.05) is 6.07 Å². The number of carbonyl (C=O) groups is 3. The molecule has 0 aliphatic carbocycles. The number of amides is 4. The van der Waals surface area contributed by atoms with Crippen molar-refractivity contribution in [3.8, 4) is 0 Å². The average Bonchev–Trinajstić information content (AvgIpc) is 2.63. The number of nitrogens with zero attached hydrogens (tertiary/aromatic N) is 2. The van der Waals surface area contributed by atoms with E-state index >= 15 is 0 Å². The molecule has 10 heteroatoms. The van der Waals surface area contributed by atoms with E-state index in [-0.39, 0.29) is 5.69 Å². The number of hydrogen-bond acceptors (Lipinski definition) is 4. The summed E-state index contributed by atoms with van der Waals surface area (Å²) in [6.07, 6.45) is -3.48. The Morgan fingerprint density at radius 2 is 1.89 bits per heavy atom. The summed E-state index contributed by atoms with van der Waals surface area (Å²) in [7, 11) is 0. The number of urea groups is 1. The van der Waals surface area contributed by atoms with Gasteiger partial charge < -0.3 is 4.90 Å². The molecule has 1 aromatic rings. The van der Waals surface area contributed by atoms with E-state index in [9.17, 15) is 27.6 Å². The van der Waals surface area contributed by atoms with Crippen molar-refractivity contribution < 1.29 is 32.5 Å². The van der Waals surface area contributed by atoms with Crippen molar-refractivity contribution in [2.24, 2.45) is 10.9 Å². The zero-order valence-corrected chi connectivity index (χ0v) is 15.5. The van der Waals surface area contributed by atoms with Crippen molar-refractivity contribution in [3.63, 3.8) is 0 Å². The molecule has 1 aromatic carbocycles. The zero-order valence-electron chi connectivity index (χ0n) is 15.5. The van der Waals surface area contributed by atoms with Gasteiger partial charge in [0.15, 0.2) is 5.92 Å². The standard InChI is InChI=1S/C18H21F3N4O3/c1-3-24(4-2)9-8-22-11-14-15(26)23-17(28)25(16(14)27)13-7-5-6-12(10-13)18(19,20)21/h5-7,10-11,14H,3-4,8-9H2,1-2H3,(H,23,26,28)/p+1. The lowest BCUT2D eigenvalue weighted by molar-refractivity contribution is -0.894. The van der Waals surface area contributed by atoms with Gasteiger partial charge in [0.05, 0.1) is 37.4 Å². The van der Waals surface area contributed by atoms with E-state index in [2.05, 4.69) is 4.99 Å². The lowest BCUT2D eigenvalue weighted by atomic mass is 10.1. The fraction of sp³-hybridized carbons (Fsp3) is 0.444. The number of imide groups is 2. The second kappa shape index (κ2) is 8.96. The van der Waals surface area contributed by atoms with Gasteiger partial charge in [-0.15, -0.1) is 0 Å². The molecule has 0 spiro atoms. The Labute approximate surface area is 160 Å². The number of quaternary nitrogens is 1. The Hall–Kier alpha value is -2.75. The topological polar surface area (TPSA) is 83.3 Å². The molecule has 4 amide bonds. The Balaban J connectivity index is 2.20. The third-order valence-corrected chi connectivity index (χ3v) is 4.48. The van der Waals surface area contributed by atoms with E-state index in [1.54, 1.807) is 0 Å². The fourth-order valence-electron chi connectivity index (χ4n) is 2.79. The van der Waals surface area contributed by atoms with Crippen LogP contribution in [0.2, 0.25) is 0 Å². The maximum Gasteiger partial charge on any atom is 0.416 e. The number of anilines is 1. The summed E-state index contributed by atoms with van der Waals surface area (Å²) in [4.78, 5) is 42.6. The number of aliphatic imine (C=N–C) groups is 1. The van der Waals surface area contributed by atoms with Crippen LogP contribution in [0.5, 0.6) is 0 Å². The van der Waals surface area contributed by atoms with E-state index in [0.29, 0.717) is 24.1 Å². The van der Waals surface area contributed by atoms with Gasteiger partial charge in [0.1, 0.15) is 0 Å². The average molecular weight is 399 g/mol. The van der Waals surface area contributed by atoms with Gasteiger partial charge in [0, 0.05) is 6.21 Å². The third-order valence-electron chi connectivity index (χ3n) is 4.48. The second-order valence-corrected chi connectivity index (χ2v) is 6.26. The summed E-state index contributed by atoms with van der Waals surface area (Å²) in [5.74, 6) is -3.16. The first kappa shape index (κ1) is 21.5. The van der Waals surface area contributed by atoms with Crippen LogP contribution in [0.1, 0.15) is 19.4 Å². The van der Waals surface area contributed by atoms with Gasteiger partial charge in [-0.25, -0.2) is 9.69 Å². The maximum absolute atomic E-state index is 12.9. The first-order valence-corrected chi connectivity index (χ1v) is 8.88. The molecule has 28 heavy (non-hydrogen) atoms. The van der Waals surface area contributed by atoms with Crippen LogP contribution >= 0.6 is 0 Å². The van der Waals surface area contributed by atoms with Crippen LogP contribution in [-0.2, 0) is 15.8 Å². The fourth-order valence-corrected chi connectivity index (χ4v) is 2.79. The van der Waals surface area contributed by atoms with Gasteiger partial charge in [0.25, 0.3) is 5.91 Å². The number of carbonyl (C=O) groups excluding carboxylic acids is 3. The lowest BCUT2D eigenvalue weighted by Crippen LogP contribution is -3.11. The van der Waals surface area contributed by atoms with Crippen LogP contribution < -0.4 is 15.1 Å². The second-order valence-electron chi connectivity index (χ2n) is 6.26. The van der Waals surface area contributed by atoms with Gasteiger partial charge in [-0.3, -0.25) is 19.9 Å². The molecular weight excluding hydrogens is 377 g/mol. The monoisotopic (exact) mass is 399 g/mol. The van der Waals surface area contributed by atoms with Crippen molar-refractivity contribution in [2.75, 3.05) is 31.1 Å². The molecule has 0 bridgehead atoms. The van der Waals surface area contributed by atoms with Crippen molar-refractivity contribution in [1.82, 2.24) is 5.32 Å². The number of likely N-dealkylation sites (N-methyl/N-ethyl adjacent to an activating group) is 1. The molecule has 2 N–H and O–H groups in total. The summed E-state index contributed by atoms with van der Waals surface area (Å²) in [6, 6.07) is 2.71. The lowest BCUT2D eigenvalue weighted by Gasteiger charge is -2.28. The van der Waals surface area contributed by atoms with Gasteiger partial charge in [-0.05, 0) is 32.0 Å². The molecule has 1 fully saturated rings. The highest BCUT2D eigenvalue weighted by Crippen LogP contribution is 2.32. The van der Waals surface area contributed by atoms with Crippen LogP contribution in [0.4, 0.5) is 23.7 Å². The number of rotatable bonds is 7. The van der Waals surface area contributed by atoms with Crippen LogP contribution in [0.3, 0.4) is 0 Å². The van der Waals surface area contributed by atoms with Crippen molar-refractivity contribution >= 4 is 29.7 Å². The Kier molecular flexibility index (Phi) is 6.90. The molecule has 1 atom stereocenters. The molecule has 152 valence electrons. The molecule has 7 nitrogen and oxygen atoms in total. The first-order chi connectivity index (χ1) is 13.2. The number of hydrogen-bond donors (Lipinski definition) is 2. The molecule has 1 heterocycles. The molecule has 0 aromatic heterocycles. The summed E-state index contributed by atoms with van der Waals surface area (Å²) in [5, 5.41) is 1.99. The SMILES string of the molecule is CC[NH+](CC)CCN=CC1C(=O)NC(=O)N(c2cccc(C(F)(F)F)c2)C1=O. The minimum Gasteiger partial charge on any atom is -0.334 e. The van der Waals surface area contributed by atoms with E-state index in [4.69, 9.17) is 0 Å². The first-order valence-electron chi connectivity index (χ1n) is 8.88. The third kappa shape index (κ3) is 4.94. The van der Waals surface area contributed by atoms with E-state index in [1.165, 1.54) is 11.0 Å². The molecular formula is C18H22F3N4O3+. The normalized spacial score (nSPS) is 18.3. The predicted octanol–water partition coefficient (Wildman–Crippen LogP) is 0.900. The van der Waals surface area contributed by atoms with Crippen LogP contribution in [0.15, 0.2) is 29.3 Å². The summed E-state index contributed by atoms with van der Waals surface area (Å²) < 4.78 is 38.7. The van der Waals surface area contributed by atoms with E-state index in [1.807, 2.05) is 19.2 Å². The van der Waals surface area contributed by atoms with E-state index < -0.39 is 35.5 Å². The smallest absolute Gasteiger partial charge is 0.334 e.